The summed E-state index contributed by atoms with van der Waals surface area (Å²) in [6.07, 6.45) is 2.76. The van der Waals surface area contributed by atoms with Crippen molar-refractivity contribution in [2.45, 2.75) is 13.8 Å². The summed E-state index contributed by atoms with van der Waals surface area (Å²) in [5.41, 5.74) is 3.68. The maximum atomic E-state index is 12.0. The number of hydrogen-bond donors (Lipinski definition) is 0. The van der Waals surface area contributed by atoms with E-state index < -0.39 is 0 Å². The quantitative estimate of drug-likeness (QED) is 0.796. The van der Waals surface area contributed by atoms with E-state index in [0.29, 0.717) is 5.56 Å². The predicted molar refractivity (Wildman–Crippen MR) is 65.2 cm³/mol. The van der Waals surface area contributed by atoms with Gasteiger partial charge in [-0.15, -0.1) is 0 Å². The van der Waals surface area contributed by atoms with Crippen molar-refractivity contribution in [3.8, 4) is 0 Å². The Morgan fingerprint density at radius 1 is 1.29 bits per heavy atom. The third-order valence-corrected chi connectivity index (χ3v) is 2.86. The second-order valence-electron chi connectivity index (χ2n) is 4.05. The monoisotopic (exact) mass is 230 g/mol. The molecule has 0 aliphatic heterocycles. The molecule has 0 aliphatic carbocycles. The van der Waals surface area contributed by atoms with Crippen LogP contribution in [-0.2, 0) is 0 Å². The summed E-state index contributed by atoms with van der Waals surface area (Å²) in [4.78, 5) is 13.6. The summed E-state index contributed by atoms with van der Waals surface area (Å²) >= 11 is 0. The second-order valence-corrected chi connectivity index (χ2v) is 4.05. The van der Waals surface area contributed by atoms with Gasteiger partial charge in [0.15, 0.2) is 0 Å². The van der Waals surface area contributed by atoms with Crippen LogP contribution in [0.5, 0.6) is 0 Å². The fraction of sp³-hybridized carbons (Fsp3) is 0.231. The molecule has 4 heteroatoms. The lowest BCUT2D eigenvalue weighted by Crippen LogP contribution is -2.25. The zero-order valence-electron chi connectivity index (χ0n) is 10.1. The van der Waals surface area contributed by atoms with E-state index in [1.807, 2.05) is 32.0 Å². The molecule has 17 heavy (non-hydrogen) atoms. The highest BCUT2D eigenvalue weighted by atomic mass is 16.5. The van der Waals surface area contributed by atoms with Crippen molar-refractivity contribution in [3.63, 3.8) is 0 Å². The van der Waals surface area contributed by atoms with Gasteiger partial charge in [-0.2, -0.15) is 0 Å². The van der Waals surface area contributed by atoms with Gasteiger partial charge in [-0.25, -0.2) is 0 Å². The summed E-state index contributed by atoms with van der Waals surface area (Å²) in [5, 5.41) is 3.53. The van der Waals surface area contributed by atoms with Gasteiger partial charge >= 0.3 is 0 Å². The van der Waals surface area contributed by atoms with Gasteiger partial charge < -0.3 is 9.42 Å². The van der Waals surface area contributed by atoms with Crippen LogP contribution in [-0.4, -0.2) is 18.1 Å². The SMILES string of the molecule is Cc1ccc(N(C)C(=O)c2cnoc2)cc1C. The number of carbonyl (C=O) groups is 1. The Hall–Kier alpha value is -2.10. The number of nitrogens with zero attached hydrogens (tertiary/aromatic N) is 2. The minimum atomic E-state index is -0.130. The fourth-order valence-electron chi connectivity index (χ4n) is 1.56. The number of rotatable bonds is 2. The molecule has 0 fully saturated rings. The molecule has 0 radical (unpaired) electrons. The Morgan fingerprint density at radius 3 is 2.65 bits per heavy atom. The zero-order valence-corrected chi connectivity index (χ0v) is 10.1. The van der Waals surface area contributed by atoms with E-state index in [9.17, 15) is 4.79 Å². The molecule has 1 amide bonds. The Kier molecular flexibility index (Phi) is 2.95. The molecule has 1 aromatic carbocycles. The topological polar surface area (TPSA) is 46.3 Å². The molecule has 2 aromatic rings. The molecule has 0 aliphatic rings. The summed E-state index contributed by atoms with van der Waals surface area (Å²) in [6, 6.07) is 5.91. The van der Waals surface area contributed by atoms with Crippen molar-refractivity contribution in [1.29, 1.82) is 0 Å². The highest BCUT2D eigenvalue weighted by Crippen LogP contribution is 2.19. The van der Waals surface area contributed by atoms with Gasteiger partial charge in [-0.1, -0.05) is 11.2 Å². The van der Waals surface area contributed by atoms with E-state index in [1.165, 1.54) is 18.0 Å². The van der Waals surface area contributed by atoms with Crippen molar-refractivity contribution in [3.05, 3.63) is 47.3 Å². The number of carbonyl (C=O) groups excluding carboxylic acids is 1. The van der Waals surface area contributed by atoms with Gasteiger partial charge in [0.05, 0.1) is 11.8 Å². The Morgan fingerprint density at radius 2 is 2.06 bits per heavy atom. The van der Waals surface area contributed by atoms with Crippen LogP contribution in [0, 0.1) is 13.8 Å². The lowest BCUT2D eigenvalue weighted by atomic mass is 10.1. The van der Waals surface area contributed by atoms with Crippen LogP contribution < -0.4 is 4.90 Å². The third-order valence-electron chi connectivity index (χ3n) is 2.86. The number of anilines is 1. The van der Waals surface area contributed by atoms with E-state index in [0.717, 1.165) is 11.3 Å². The van der Waals surface area contributed by atoms with Gasteiger partial charge in [0, 0.05) is 12.7 Å². The molecular formula is C13H14N2O2. The molecular weight excluding hydrogens is 216 g/mol. The van der Waals surface area contributed by atoms with Crippen LogP contribution in [0.4, 0.5) is 5.69 Å². The molecule has 0 saturated heterocycles. The number of hydrogen-bond acceptors (Lipinski definition) is 3. The van der Waals surface area contributed by atoms with Gasteiger partial charge in [0.25, 0.3) is 5.91 Å². The van der Waals surface area contributed by atoms with Crippen molar-refractivity contribution >= 4 is 11.6 Å². The first-order valence-electron chi connectivity index (χ1n) is 5.34. The molecule has 0 bridgehead atoms. The summed E-state index contributed by atoms with van der Waals surface area (Å²) < 4.78 is 4.67. The van der Waals surface area contributed by atoms with Crippen LogP contribution in [0.25, 0.3) is 0 Å². The Balaban J connectivity index is 2.28. The van der Waals surface area contributed by atoms with E-state index in [4.69, 9.17) is 0 Å². The largest absolute Gasteiger partial charge is 0.364 e. The van der Waals surface area contributed by atoms with Gasteiger partial charge in [0.2, 0.25) is 0 Å². The zero-order chi connectivity index (χ0) is 12.4. The van der Waals surface area contributed by atoms with Gasteiger partial charge in [0.1, 0.15) is 6.26 Å². The van der Waals surface area contributed by atoms with E-state index >= 15 is 0 Å². The number of amides is 1. The van der Waals surface area contributed by atoms with Crippen LogP contribution in [0.2, 0.25) is 0 Å². The van der Waals surface area contributed by atoms with Crippen LogP contribution in [0.1, 0.15) is 21.5 Å². The average Bonchev–Trinajstić information content (AvgIpc) is 2.84. The lowest BCUT2D eigenvalue weighted by Gasteiger charge is -2.17. The number of aryl methyl sites for hydroxylation is 2. The van der Waals surface area contributed by atoms with Crippen LogP contribution in [0.3, 0.4) is 0 Å². The first-order chi connectivity index (χ1) is 8.09. The minimum absolute atomic E-state index is 0.130. The highest BCUT2D eigenvalue weighted by Gasteiger charge is 2.15. The first-order valence-corrected chi connectivity index (χ1v) is 5.34. The van der Waals surface area contributed by atoms with Crippen molar-refractivity contribution in [2.75, 3.05) is 11.9 Å². The second kappa shape index (κ2) is 4.41. The molecule has 1 aromatic heterocycles. The van der Waals surface area contributed by atoms with Crippen molar-refractivity contribution in [2.24, 2.45) is 0 Å². The Bertz CT molecular complexity index is 532. The maximum Gasteiger partial charge on any atom is 0.262 e. The number of benzene rings is 1. The van der Waals surface area contributed by atoms with E-state index in [1.54, 1.807) is 11.9 Å². The maximum absolute atomic E-state index is 12.0. The Labute approximate surface area is 99.8 Å². The standard InChI is InChI=1S/C13H14N2O2/c1-9-4-5-12(6-10(9)2)15(3)13(16)11-7-14-17-8-11/h4-8H,1-3H3. The van der Waals surface area contributed by atoms with Gasteiger partial charge in [-0.05, 0) is 37.1 Å². The molecule has 2 rings (SSSR count). The normalized spacial score (nSPS) is 10.3. The van der Waals surface area contributed by atoms with E-state index in [2.05, 4.69) is 9.68 Å². The molecule has 88 valence electrons. The third kappa shape index (κ3) is 2.20. The summed E-state index contributed by atoms with van der Waals surface area (Å²) in [7, 11) is 1.74. The summed E-state index contributed by atoms with van der Waals surface area (Å²) in [5.74, 6) is -0.130. The molecule has 1 heterocycles. The fourth-order valence-corrected chi connectivity index (χ4v) is 1.56. The van der Waals surface area contributed by atoms with Crippen molar-refractivity contribution in [1.82, 2.24) is 5.16 Å². The average molecular weight is 230 g/mol. The number of aromatic nitrogens is 1. The predicted octanol–water partition coefficient (Wildman–Crippen LogP) is 2.57. The van der Waals surface area contributed by atoms with Crippen molar-refractivity contribution < 1.29 is 9.32 Å². The lowest BCUT2D eigenvalue weighted by molar-refractivity contribution is 0.0992. The summed E-state index contributed by atoms with van der Waals surface area (Å²) in [6.45, 7) is 4.07. The van der Waals surface area contributed by atoms with Crippen LogP contribution in [0.15, 0.2) is 35.2 Å². The first kappa shape index (κ1) is 11.4. The van der Waals surface area contributed by atoms with Gasteiger partial charge in [-0.3, -0.25) is 4.79 Å². The minimum Gasteiger partial charge on any atom is -0.364 e. The smallest absolute Gasteiger partial charge is 0.262 e. The van der Waals surface area contributed by atoms with Crippen LogP contribution >= 0.6 is 0 Å². The molecule has 0 N–H and O–H groups in total. The molecule has 0 atom stereocenters. The van der Waals surface area contributed by atoms with E-state index in [-0.39, 0.29) is 5.91 Å². The molecule has 4 nitrogen and oxygen atoms in total. The molecule has 0 saturated carbocycles. The highest BCUT2D eigenvalue weighted by molar-refractivity contribution is 6.05. The molecule has 0 unspecified atom stereocenters. The molecule has 0 spiro atoms.